The van der Waals surface area contributed by atoms with E-state index in [-0.39, 0.29) is 5.75 Å². The Kier molecular flexibility index (Phi) is 7.16. The molecule has 0 spiro atoms. The zero-order valence-corrected chi connectivity index (χ0v) is 8.42. The molecule has 6 heteroatoms. The summed E-state index contributed by atoms with van der Waals surface area (Å²) in [5.74, 6) is -0.256. The number of hydrogen-bond acceptors (Lipinski definition) is 4. The van der Waals surface area contributed by atoms with Crippen LogP contribution in [0.25, 0.3) is 0 Å². The van der Waals surface area contributed by atoms with E-state index in [1.54, 1.807) is 13.5 Å². The molecule has 0 unspecified atom stereocenters. The lowest BCUT2D eigenvalue weighted by Crippen LogP contribution is -2.09. The summed E-state index contributed by atoms with van der Waals surface area (Å²) in [6.45, 7) is 4.52. The van der Waals surface area contributed by atoms with Crippen LogP contribution in [0, 0.1) is 6.61 Å². The summed E-state index contributed by atoms with van der Waals surface area (Å²) < 4.78 is 38.7. The highest BCUT2D eigenvalue weighted by Crippen LogP contribution is 1.90. The second-order valence-corrected chi connectivity index (χ2v) is 3.93. The Hall–Kier alpha value is -0.170. The second kappa shape index (κ2) is 7.25. The largest absolute Gasteiger partial charge is 0.379 e. The molecule has 0 saturated carbocycles. The number of ether oxygens (including phenoxy) is 2. The van der Waals surface area contributed by atoms with Crippen molar-refractivity contribution in [1.29, 1.82) is 0 Å². The molecule has 0 aliphatic carbocycles. The zero-order chi connectivity index (χ0) is 10.2. The fourth-order valence-electron chi connectivity index (χ4n) is 0.670. The minimum absolute atomic E-state index is 0.256. The van der Waals surface area contributed by atoms with Gasteiger partial charge in [0.1, 0.15) is 0 Å². The van der Waals surface area contributed by atoms with Crippen LogP contribution < -0.4 is 0 Å². The molecule has 5 nitrogen and oxygen atoms in total. The molecule has 0 aromatic carbocycles. The topological polar surface area (TPSA) is 72.8 Å². The molecule has 0 atom stereocenters. The Bertz CT molecular complexity index is 199. The molecule has 79 valence electrons. The molecule has 0 heterocycles. The van der Waals surface area contributed by atoms with Crippen molar-refractivity contribution in [2.45, 2.75) is 13.3 Å². The summed E-state index contributed by atoms with van der Waals surface area (Å²) in [6, 6.07) is 0. The average molecular weight is 211 g/mol. The van der Waals surface area contributed by atoms with Crippen molar-refractivity contribution in [3.8, 4) is 0 Å². The van der Waals surface area contributed by atoms with E-state index >= 15 is 0 Å². The first-order valence-electron chi connectivity index (χ1n) is 3.98. The summed E-state index contributed by atoms with van der Waals surface area (Å²) in [4.78, 5) is 0. The van der Waals surface area contributed by atoms with Crippen LogP contribution in [0.4, 0.5) is 0 Å². The molecule has 13 heavy (non-hydrogen) atoms. The zero-order valence-electron chi connectivity index (χ0n) is 7.60. The van der Waals surface area contributed by atoms with E-state index in [1.165, 1.54) is 0 Å². The van der Waals surface area contributed by atoms with Gasteiger partial charge in [-0.3, -0.25) is 4.55 Å². The molecule has 0 bridgehead atoms. The van der Waals surface area contributed by atoms with Gasteiger partial charge in [0.05, 0.1) is 25.6 Å². The van der Waals surface area contributed by atoms with Crippen LogP contribution in [0.3, 0.4) is 0 Å². The quantitative estimate of drug-likeness (QED) is 0.467. The summed E-state index contributed by atoms with van der Waals surface area (Å²) in [6.07, 6.45) is 0.300. The molecule has 0 aliphatic rings. The summed E-state index contributed by atoms with van der Waals surface area (Å²) in [5, 5.41) is 0. The molecule has 0 amide bonds. The molecular weight excluding hydrogens is 196 g/mol. The van der Waals surface area contributed by atoms with Crippen molar-refractivity contribution in [2.24, 2.45) is 0 Å². The monoisotopic (exact) mass is 211 g/mol. The first-order valence-corrected chi connectivity index (χ1v) is 5.59. The van der Waals surface area contributed by atoms with Gasteiger partial charge in [0.25, 0.3) is 10.1 Å². The molecule has 0 fully saturated rings. The lowest BCUT2D eigenvalue weighted by molar-refractivity contribution is 0.0736. The number of hydrogen-bond donors (Lipinski definition) is 1. The van der Waals surface area contributed by atoms with Gasteiger partial charge in [-0.15, -0.1) is 0 Å². The van der Waals surface area contributed by atoms with Crippen LogP contribution in [0.15, 0.2) is 0 Å². The minimum Gasteiger partial charge on any atom is -0.379 e. The Balaban J connectivity index is 3.09. The lowest BCUT2D eigenvalue weighted by atomic mass is 10.5. The molecule has 0 rings (SSSR count). The van der Waals surface area contributed by atoms with Crippen LogP contribution in [0.5, 0.6) is 0 Å². The Morgan fingerprint density at radius 1 is 1.31 bits per heavy atom. The standard InChI is InChI=1S/C7H15O5S/c1-2-11-5-6-12-4-3-7-13(8,9)10/h2H,3-7H2,1H3,(H,8,9,10). The van der Waals surface area contributed by atoms with Gasteiger partial charge in [0, 0.05) is 6.61 Å². The highest BCUT2D eigenvalue weighted by Gasteiger charge is 2.02. The van der Waals surface area contributed by atoms with Crippen molar-refractivity contribution in [3.05, 3.63) is 6.61 Å². The maximum atomic E-state index is 10.2. The van der Waals surface area contributed by atoms with Gasteiger partial charge in [-0.1, -0.05) is 0 Å². The van der Waals surface area contributed by atoms with Gasteiger partial charge in [-0.25, -0.2) is 0 Å². The summed E-state index contributed by atoms with van der Waals surface area (Å²) in [7, 11) is -3.84. The van der Waals surface area contributed by atoms with Gasteiger partial charge in [0.15, 0.2) is 0 Å². The van der Waals surface area contributed by atoms with E-state index in [9.17, 15) is 8.42 Å². The van der Waals surface area contributed by atoms with Crippen LogP contribution in [-0.2, 0) is 19.6 Å². The predicted octanol–water partition coefficient (Wildman–Crippen LogP) is 0.479. The first kappa shape index (κ1) is 12.8. The highest BCUT2D eigenvalue weighted by atomic mass is 32.2. The Morgan fingerprint density at radius 3 is 2.54 bits per heavy atom. The predicted molar refractivity (Wildman–Crippen MR) is 47.8 cm³/mol. The van der Waals surface area contributed by atoms with Crippen LogP contribution in [-0.4, -0.2) is 38.5 Å². The van der Waals surface area contributed by atoms with Gasteiger partial charge in [-0.2, -0.15) is 8.42 Å². The van der Waals surface area contributed by atoms with Gasteiger partial charge in [0.2, 0.25) is 0 Å². The van der Waals surface area contributed by atoms with Crippen molar-refractivity contribution in [1.82, 2.24) is 0 Å². The van der Waals surface area contributed by atoms with E-state index in [4.69, 9.17) is 14.0 Å². The van der Waals surface area contributed by atoms with Crippen LogP contribution in [0.1, 0.15) is 13.3 Å². The second-order valence-electron chi connectivity index (χ2n) is 2.36. The maximum Gasteiger partial charge on any atom is 0.264 e. The lowest BCUT2D eigenvalue weighted by Gasteiger charge is -2.02. The van der Waals surface area contributed by atoms with E-state index in [0.717, 1.165) is 0 Å². The van der Waals surface area contributed by atoms with E-state index in [0.29, 0.717) is 26.2 Å². The average Bonchev–Trinajstić information content (AvgIpc) is 2.01. The van der Waals surface area contributed by atoms with Crippen molar-refractivity contribution in [2.75, 3.05) is 25.6 Å². The minimum atomic E-state index is -3.84. The Labute approximate surface area is 78.8 Å². The highest BCUT2D eigenvalue weighted by molar-refractivity contribution is 7.85. The Morgan fingerprint density at radius 2 is 2.00 bits per heavy atom. The van der Waals surface area contributed by atoms with E-state index in [1.807, 2.05) is 0 Å². The molecular formula is C7H15O5S. The van der Waals surface area contributed by atoms with Crippen LogP contribution >= 0.6 is 0 Å². The molecule has 0 saturated heterocycles. The van der Waals surface area contributed by atoms with Crippen molar-refractivity contribution < 1.29 is 22.4 Å². The summed E-state index contributed by atoms with van der Waals surface area (Å²) >= 11 is 0. The van der Waals surface area contributed by atoms with E-state index in [2.05, 4.69) is 0 Å². The first-order chi connectivity index (χ1) is 6.06. The van der Waals surface area contributed by atoms with E-state index < -0.39 is 10.1 Å². The van der Waals surface area contributed by atoms with Crippen molar-refractivity contribution in [3.63, 3.8) is 0 Å². The van der Waals surface area contributed by atoms with Crippen molar-refractivity contribution >= 4 is 10.1 Å². The van der Waals surface area contributed by atoms with Gasteiger partial charge in [-0.05, 0) is 13.3 Å². The third-order valence-electron chi connectivity index (χ3n) is 1.20. The third-order valence-corrected chi connectivity index (χ3v) is 2.01. The fourth-order valence-corrected chi connectivity index (χ4v) is 1.15. The smallest absolute Gasteiger partial charge is 0.264 e. The molecule has 0 aromatic heterocycles. The fraction of sp³-hybridized carbons (Fsp3) is 0.857. The van der Waals surface area contributed by atoms with Crippen LogP contribution in [0.2, 0.25) is 0 Å². The number of rotatable bonds is 8. The molecule has 1 N–H and O–H groups in total. The SMILES string of the molecule is C[CH]OCCOCCCS(=O)(=O)O. The molecule has 0 aromatic rings. The maximum absolute atomic E-state index is 10.2. The molecule has 0 aliphatic heterocycles. The normalized spacial score (nSPS) is 11.8. The van der Waals surface area contributed by atoms with Gasteiger partial charge >= 0.3 is 0 Å². The molecule has 1 radical (unpaired) electrons. The summed E-state index contributed by atoms with van der Waals surface area (Å²) in [5.41, 5.74) is 0. The third kappa shape index (κ3) is 11.8. The van der Waals surface area contributed by atoms with Gasteiger partial charge < -0.3 is 9.47 Å².